The molecule has 168 valence electrons. The summed E-state index contributed by atoms with van der Waals surface area (Å²) in [6.45, 7) is 0.0840. The molecule has 3 N–H and O–H groups in total. The van der Waals surface area contributed by atoms with Crippen LogP contribution in [0, 0.1) is 17.2 Å². The molecule has 0 bridgehead atoms. The smallest absolute Gasteiger partial charge is 0.407 e. The first-order chi connectivity index (χ1) is 15.5. The minimum absolute atomic E-state index is 0.0213. The van der Waals surface area contributed by atoms with Crippen molar-refractivity contribution in [3.8, 4) is 17.6 Å². The summed E-state index contributed by atoms with van der Waals surface area (Å²) in [5, 5.41) is 24.7. The van der Waals surface area contributed by atoms with Gasteiger partial charge in [0.25, 0.3) is 0 Å². The predicted octanol–water partition coefficient (Wildman–Crippen LogP) is 3.57. The largest absolute Gasteiger partial charge is 0.508 e. The molecule has 1 aliphatic carbocycles. The molecule has 0 saturated heterocycles. The number of carbonyl (C=O) groups is 2. The molecule has 1 fully saturated rings. The van der Waals surface area contributed by atoms with Gasteiger partial charge in [0.15, 0.2) is 0 Å². The summed E-state index contributed by atoms with van der Waals surface area (Å²) < 4.78 is 10.5. The third-order valence-electron chi connectivity index (χ3n) is 5.53. The molecule has 0 aliphatic heterocycles. The first-order valence-electron chi connectivity index (χ1n) is 10.6. The lowest BCUT2D eigenvalue weighted by Crippen LogP contribution is -2.49. The van der Waals surface area contributed by atoms with E-state index in [4.69, 9.17) is 9.47 Å². The number of nitrogens with one attached hydrogen (secondary N) is 2. The normalized spacial score (nSPS) is 18.6. The van der Waals surface area contributed by atoms with Gasteiger partial charge < -0.3 is 25.2 Å². The molecule has 8 heteroatoms. The number of methoxy groups -OCH3 is 1. The number of aromatic hydroxyl groups is 1. The van der Waals surface area contributed by atoms with Crippen LogP contribution in [0.1, 0.15) is 42.9 Å². The van der Waals surface area contributed by atoms with Crippen molar-refractivity contribution in [3.63, 3.8) is 0 Å². The highest BCUT2D eigenvalue weighted by Crippen LogP contribution is 2.26. The standard InChI is InChI=1S/C24H27N3O5/c1-31-19-9-4-6-16(12-19)15-32-24(30)27-21-11-3-2-10-20(21)23(29)26-22(14-25)17-7-5-8-18(28)13-17/h4-9,12-13,20-22,28H,2-3,10-11,15H2,1H3,(H,26,29)(H,27,30)/t20-,21-,22?/m1/s1. The summed E-state index contributed by atoms with van der Waals surface area (Å²) in [7, 11) is 1.57. The Labute approximate surface area is 187 Å². The second kappa shape index (κ2) is 11.0. The lowest BCUT2D eigenvalue weighted by molar-refractivity contribution is -0.127. The summed E-state index contributed by atoms with van der Waals surface area (Å²) in [6.07, 6.45) is 2.40. The van der Waals surface area contributed by atoms with E-state index < -0.39 is 18.1 Å². The van der Waals surface area contributed by atoms with Crippen molar-refractivity contribution < 1.29 is 24.2 Å². The number of amides is 2. The number of phenolic OH excluding ortho intramolecular Hbond substituents is 1. The van der Waals surface area contributed by atoms with Crippen LogP contribution in [0.5, 0.6) is 11.5 Å². The van der Waals surface area contributed by atoms with E-state index in [1.54, 1.807) is 31.4 Å². The van der Waals surface area contributed by atoms with Crippen LogP contribution in [0.25, 0.3) is 0 Å². The van der Waals surface area contributed by atoms with E-state index in [-0.39, 0.29) is 24.3 Å². The van der Waals surface area contributed by atoms with E-state index in [0.29, 0.717) is 24.2 Å². The number of rotatable bonds is 7. The third kappa shape index (κ3) is 6.14. The van der Waals surface area contributed by atoms with Crippen molar-refractivity contribution in [1.82, 2.24) is 10.6 Å². The van der Waals surface area contributed by atoms with Gasteiger partial charge in [-0.1, -0.05) is 37.1 Å². The molecule has 1 saturated carbocycles. The Morgan fingerprint density at radius 3 is 2.72 bits per heavy atom. The summed E-state index contributed by atoms with van der Waals surface area (Å²) in [5.74, 6) is -0.0822. The highest BCUT2D eigenvalue weighted by atomic mass is 16.5. The van der Waals surface area contributed by atoms with Gasteiger partial charge in [-0.05, 0) is 48.2 Å². The maximum atomic E-state index is 12.9. The SMILES string of the molecule is COc1cccc(COC(=O)N[C@@H]2CCCC[C@H]2C(=O)NC(C#N)c2cccc(O)c2)c1. The number of hydrogen-bond donors (Lipinski definition) is 3. The van der Waals surface area contributed by atoms with Crippen molar-refractivity contribution in [3.05, 3.63) is 59.7 Å². The Morgan fingerprint density at radius 2 is 1.97 bits per heavy atom. The van der Waals surface area contributed by atoms with Gasteiger partial charge in [0.1, 0.15) is 24.1 Å². The Morgan fingerprint density at radius 1 is 1.19 bits per heavy atom. The first kappa shape index (κ1) is 22.9. The second-order valence-electron chi connectivity index (χ2n) is 7.74. The zero-order chi connectivity index (χ0) is 22.9. The van der Waals surface area contributed by atoms with Gasteiger partial charge in [-0.3, -0.25) is 4.79 Å². The molecule has 3 rings (SSSR count). The van der Waals surface area contributed by atoms with Gasteiger partial charge in [0.2, 0.25) is 5.91 Å². The summed E-state index contributed by atoms with van der Waals surface area (Å²) in [6, 6.07) is 14.2. The van der Waals surface area contributed by atoms with Crippen molar-refractivity contribution in [1.29, 1.82) is 5.26 Å². The van der Waals surface area contributed by atoms with Gasteiger partial charge in [-0.25, -0.2) is 4.79 Å². The molecule has 2 aromatic carbocycles. The first-order valence-corrected chi connectivity index (χ1v) is 10.6. The highest BCUT2D eigenvalue weighted by molar-refractivity contribution is 5.81. The number of alkyl carbamates (subject to hydrolysis) is 1. The number of ether oxygens (including phenoxy) is 2. The van der Waals surface area contributed by atoms with E-state index in [9.17, 15) is 20.0 Å². The van der Waals surface area contributed by atoms with E-state index in [0.717, 1.165) is 18.4 Å². The zero-order valence-corrected chi connectivity index (χ0v) is 17.9. The molecule has 2 aromatic rings. The molecular formula is C24H27N3O5. The Bertz CT molecular complexity index is 988. The number of carbonyl (C=O) groups excluding carboxylic acids is 2. The van der Waals surface area contributed by atoms with E-state index >= 15 is 0 Å². The molecule has 32 heavy (non-hydrogen) atoms. The van der Waals surface area contributed by atoms with Crippen LogP contribution >= 0.6 is 0 Å². The lowest BCUT2D eigenvalue weighted by Gasteiger charge is -2.31. The molecule has 1 unspecified atom stereocenters. The summed E-state index contributed by atoms with van der Waals surface area (Å²) in [4.78, 5) is 25.3. The molecule has 1 aliphatic rings. The molecule has 3 atom stereocenters. The maximum absolute atomic E-state index is 12.9. The molecule has 0 aromatic heterocycles. The van der Waals surface area contributed by atoms with Crippen molar-refractivity contribution in [2.75, 3.05) is 7.11 Å². The number of nitrogens with zero attached hydrogens (tertiary/aromatic N) is 1. The Kier molecular flexibility index (Phi) is 7.92. The van der Waals surface area contributed by atoms with Crippen LogP contribution in [0.3, 0.4) is 0 Å². The fourth-order valence-electron chi connectivity index (χ4n) is 3.87. The van der Waals surface area contributed by atoms with Crippen molar-refractivity contribution in [2.45, 2.75) is 44.4 Å². The van der Waals surface area contributed by atoms with Gasteiger partial charge in [-0.2, -0.15) is 5.26 Å². The van der Waals surface area contributed by atoms with Gasteiger partial charge in [0, 0.05) is 6.04 Å². The topological polar surface area (TPSA) is 121 Å². The molecular weight excluding hydrogens is 410 g/mol. The number of phenols is 1. The molecule has 2 amide bonds. The monoisotopic (exact) mass is 437 g/mol. The fraction of sp³-hybridized carbons (Fsp3) is 0.375. The fourth-order valence-corrected chi connectivity index (χ4v) is 3.87. The molecule has 8 nitrogen and oxygen atoms in total. The average molecular weight is 437 g/mol. The van der Waals surface area contributed by atoms with Crippen molar-refractivity contribution >= 4 is 12.0 Å². The predicted molar refractivity (Wildman–Crippen MR) is 117 cm³/mol. The van der Waals surface area contributed by atoms with Crippen LogP contribution in [0.2, 0.25) is 0 Å². The molecule has 0 radical (unpaired) electrons. The highest BCUT2D eigenvalue weighted by Gasteiger charge is 2.33. The third-order valence-corrected chi connectivity index (χ3v) is 5.53. The minimum atomic E-state index is -0.891. The average Bonchev–Trinajstić information content (AvgIpc) is 2.81. The van der Waals surface area contributed by atoms with Crippen LogP contribution in [-0.2, 0) is 16.1 Å². The van der Waals surface area contributed by atoms with Crippen molar-refractivity contribution in [2.24, 2.45) is 5.92 Å². The van der Waals surface area contributed by atoms with E-state index in [2.05, 4.69) is 16.7 Å². The van der Waals surface area contributed by atoms with Gasteiger partial charge in [-0.15, -0.1) is 0 Å². The van der Waals surface area contributed by atoms with Gasteiger partial charge in [0.05, 0.1) is 19.1 Å². The van der Waals surface area contributed by atoms with Gasteiger partial charge >= 0.3 is 6.09 Å². The van der Waals surface area contributed by atoms with Crippen LogP contribution < -0.4 is 15.4 Å². The minimum Gasteiger partial charge on any atom is -0.508 e. The number of hydrogen-bond acceptors (Lipinski definition) is 6. The summed E-state index contributed by atoms with van der Waals surface area (Å²) in [5.41, 5.74) is 1.29. The number of benzene rings is 2. The van der Waals surface area contributed by atoms with Crippen LogP contribution in [0.4, 0.5) is 4.79 Å². The Balaban J connectivity index is 1.58. The molecule has 0 heterocycles. The molecule has 0 spiro atoms. The van der Waals surface area contributed by atoms with Crippen LogP contribution in [0.15, 0.2) is 48.5 Å². The Hall–Kier alpha value is -3.73. The second-order valence-corrected chi connectivity index (χ2v) is 7.74. The summed E-state index contributed by atoms with van der Waals surface area (Å²) >= 11 is 0. The zero-order valence-electron chi connectivity index (χ0n) is 17.9. The van der Waals surface area contributed by atoms with E-state index in [1.165, 1.54) is 12.1 Å². The van der Waals surface area contributed by atoms with E-state index in [1.807, 2.05) is 12.1 Å². The maximum Gasteiger partial charge on any atom is 0.407 e. The number of nitriles is 1. The quantitative estimate of drug-likeness (QED) is 0.609. The van der Waals surface area contributed by atoms with Crippen LogP contribution in [-0.4, -0.2) is 30.3 Å². The lowest BCUT2D eigenvalue weighted by atomic mass is 9.83.